The van der Waals surface area contributed by atoms with Gasteiger partial charge < -0.3 is 19.7 Å². The molecule has 0 aliphatic carbocycles. The lowest BCUT2D eigenvalue weighted by atomic mass is 10.2. The van der Waals surface area contributed by atoms with Crippen molar-refractivity contribution in [2.24, 2.45) is 4.99 Å². The number of hydrogen-bond donors (Lipinski definition) is 1. The molecule has 30 heavy (non-hydrogen) atoms. The molecule has 7 nitrogen and oxygen atoms in total. The third-order valence-corrected chi connectivity index (χ3v) is 6.17. The van der Waals surface area contributed by atoms with Crippen molar-refractivity contribution in [2.45, 2.75) is 26.4 Å². The quantitative estimate of drug-likeness (QED) is 0.468. The molecule has 3 aromatic rings. The van der Waals surface area contributed by atoms with E-state index in [9.17, 15) is 0 Å². The number of piperazine rings is 1. The lowest BCUT2D eigenvalue weighted by molar-refractivity contribution is 0.370. The van der Waals surface area contributed by atoms with Crippen molar-refractivity contribution < 1.29 is 0 Å². The van der Waals surface area contributed by atoms with E-state index >= 15 is 0 Å². The number of nitrogens with one attached hydrogen (secondary N) is 1. The standard InChI is InChI=1S/C22H29N7S/c1-2-21-26-25-18-29(21)11-10-23-22(24-17-20-9-6-16-30-20)28-14-12-27(13-15-28)19-7-4-3-5-8-19/h3-9,16,18H,2,10-15,17H2,1H3,(H,23,24). The maximum atomic E-state index is 4.93. The minimum Gasteiger partial charge on any atom is -0.368 e. The summed E-state index contributed by atoms with van der Waals surface area (Å²) < 4.78 is 2.11. The van der Waals surface area contributed by atoms with Crippen LogP contribution in [0.15, 0.2) is 59.2 Å². The molecule has 0 radical (unpaired) electrons. The summed E-state index contributed by atoms with van der Waals surface area (Å²) in [6, 6.07) is 14.9. The summed E-state index contributed by atoms with van der Waals surface area (Å²) in [5, 5.41) is 13.9. The number of aryl methyl sites for hydroxylation is 1. The zero-order valence-electron chi connectivity index (χ0n) is 17.4. The van der Waals surface area contributed by atoms with Gasteiger partial charge in [0, 0.05) is 56.3 Å². The van der Waals surface area contributed by atoms with Gasteiger partial charge in [-0.2, -0.15) is 0 Å². The van der Waals surface area contributed by atoms with Gasteiger partial charge in [0.25, 0.3) is 0 Å². The lowest BCUT2D eigenvalue weighted by Crippen LogP contribution is -2.53. The number of hydrogen-bond acceptors (Lipinski definition) is 5. The first-order chi connectivity index (χ1) is 14.8. The Balaban J connectivity index is 1.38. The largest absolute Gasteiger partial charge is 0.368 e. The predicted octanol–water partition coefficient (Wildman–Crippen LogP) is 2.87. The van der Waals surface area contributed by atoms with Crippen LogP contribution in [-0.2, 0) is 19.5 Å². The van der Waals surface area contributed by atoms with Gasteiger partial charge in [0.2, 0.25) is 0 Å². The summed E-state index contributed by atoms with van der Waals surface area (Å²) in [5.74, 6) is 2.01. The molecular weight excluding hydrogens is 394 g/mol. The van der Waals surface area contributed by atoms with Crippen LogP contribution in [0.3, 0.4) is 0 Å². The molecule has 1 saturated heterocycles. The molecule has 8 heteroatoms. The highest BCUT2D eigenvalue weighted by Gasteiger charge is 2.20. The van der Waals surface area contributed by atoms with Gasteiger partial charge in [-0.1, -0.05) is 31.2 Å². The zero-order chi connectivity index (χ0) is 20.6. The summed E-state index contributed by atoms with van der Waals surface area (Å²) in [6.45, 7) is 8.35. The maximum Gasteiger partial charge on any atom is 0.194 e. The number of nitrogens with zero attached hydrogens (tertiary/aromatic N) is 6. The predicted molar refractivity (Wildman–Crippen MR) is 123 cm³/mol. The van der Waals surface area contributed by atoms with E-state index in [4.69, 9.17) is 4.99 Å². The van der Waals surface area contributed by atoms with Gasteiger partial charge in [-0.3, -0.25) is 0 Å². The van der Waals surface area contributed by atoms with Gasteiger partial charge in [-0.05, 0) is 23.6 Å². The maximum absolute atomic E-state index is 4.93. The monoisotopic (exact) mass is 423 g/mol. The second-order valence-corrected chi connectivity index (χ2v) is 8.28. The van der Waals surface area contributed by atoms with Crippen LogP contribution in [0.25, 0.3) is 0 Å². The summed E-state index contributed by atoms with van der Waals surface area (Å²) in [7, 11) is 0. The smallest absolute Gasteiger partial charge is 0.194 e. The summed E-state index contributed by atoms with van der Waals surface area (Å²) in [5.41, 5.74) is 1.29. The van der Waals surface area contributed by atoms with Crippen molar-refractivity contribution in [3.8, 4) is 0 Å². The van der Waals surface area contributed by atoms with E-state index in [0.717, 1.165) is 57.5 Å². The minimum absolute atomic E-state index is 0.714. The van der Waals surface area contributed by atoms with E-state index in [1.807, 2.05) is 6.33 Å². The number of aliphatic imine (C=N–C) groups is 1. The van der Waals surface area contributed by atoms with Crippen LogP contribution in [0.1, 0.15) is 17.6 Å². The fraction of sp³-hybridized carbons (Fsp3) is 0.409. The van der Waals surface area contributed by atoms with Crippen molar-refractivity contribution in [3.63, 3.8) is 0 Å². The second kappa shape index (κ2) is 10.2. The van der Waals surface area contributed by atoms with Crippen LogP contribution in [0.2, 0.25) is 0 Å². The van der Waals surface area contributed by atoms with Crippen LogP contribution in [0.4, 0.5) is 5.69 Å². The third-order valence-electron chi connectivity index (χ3n) is 5.31. The first kappa shape index (κ1) is 20.4. The molecule has 0 amide bonds. The highest BCUT2D eigenvalue weighted by Crippen LogP contribution is 2.16. The zero-order valence-corrected chi connectivity index (χ0v) is 18.3. The Morgan fingerprint density at radius 3 is 2.67 bits per heavy atom. The molecule has 1 aromatic carbocycles. The van der Waals surface area contributed by atoms with Crippen LogP contribution >= 0.6 is 11.3 Å². The molecule has 2 aromatic heterocycles. The molecule has 158 valence electrons. The molecule has 1 N–H and O–H groups in total. The van der Waals surface area contributed by atoms with Crippen LogP contribution in [0.5, 0.6) is 0 Å². The average Bonchev–Trinajstić information content (AvgIpc) is 3.49. The van der Waals surface area contributed by atoms with Crippen LogP contribution < -0.4 is 10.2 Å². The Labute approximate surface area is 182 Å². The third kappa shape index (κ3) is 5.18. The lowest BCUT2D eigenvalue weighted by Gasteiger charge is -2.37. The summed E-state index contributed by atoms with van der Waals surface area (Å²) in [4.78, 5) is 11.0. The SMILES string of the molecule is CCc1nncn1CCNC(=NCc1cccs1)N1CCN(c2ccccc2)CC1. The number of para-hydroxylation sites is 1. The Kier molecular flexibility index (Phi) is 6.97. The number of anilines is 1. The molecule has 0 saturated carbocycles. The summed E-state index contributed by atoms with van der Waals surface area (Å²) >= 11 is 1.75. The molecule has 0 atom stereocenters. The van der Waals surface area contributed by atoms with Crippen molar-refractivity contribution in [1.82, 2.24) is 25.0 Å². The highest BCUT2D eigenvalue weighted by molar-refractivity contribution is 7.09. The van der Waals surface area contributed by atoms with Crippen molar-refractivity contribution in [3.05, 3.63) is 64.9 Å². The van der Waals surface area contributed by atoms with E-state index in [0.29, 0.717) is 6.54 Å². The molecule has 1 fully saturated rings. The second-order valence-electron chi connectivity index (χ2n) is 7.25. The van der Waals surface area contributed by atoms with Gasteiger partial charge in [-0.15, -0.1) is 21.5 Å². The highest BCUT2D eigenvalue weighted by atomic mass is 32.1. The number of guanidine groups is 1. The first-order valence-corrected chi connectivity index (χ1v) is 11.4. The van der Waals surface area contributed by atoms with Gasteiger partial charge in [0.1, 0.15) is 12.2 Å². The van der Waals surface area contributed by atoms with Gasteiger partial charge in [0.05, 0.1) is 6.54 Å². The van der Waals surface area contributed by atoms with Gasteiger partial charge in [-0.25, -0.2) is 4.99 Å². The summed E-state index contributed by atoms with van der Waals surface area (Å²) in [6.07, 6.45) is 2.70. The van der Waals surface area contributed by atoms with Gasteiger partial charge >= 0.3 is 0 Å². The molecule has 4 rings (SSSR count). The Morgan fingerprint density at radius 1 is 1.10 bits per heavy atom. The number of aromatic nitrogens is 3. The van der Waals surface area contributed by atoms with Crippen LogP contribution in [0, 0.1) is 0 Å². The van der Waals surface area contributed by atoms with E-state index in [2.05, 4.69) is 84.6 Å². The number of benzene rings is 1. The molecule has 0 spiro atoms. The van der Waals surface area contributed by atoms with Crippen LogP contribution in [-0.4, -0.2) is 58.3 Å². The number of rotatable bonds is 7. The Hall–Kier alpha value is -2.87. The fourth-order valence-electron chi connectivity index (χ4n) is 3.67. The molecule has 3 heterocycles. The van der Waals surface area contributed by atoms with Crippen molar-refractivity contribution in [2.75, 3.05) is 37.6 Å². The Bertz CT molecular complexity index is 912. The minimum atomic E-state index is 0.714. The Morgan fingerprint density at radius 2 is 1.93 bits per heavy atom. The van der Waals surface area contributed by atoms with E-state index in [1.54, 1.807) is 11.3 Å². The number of thiophene rings is 1. The average molecular weight is 424 g/mol. The first-order valence-electron chi connectivity index (χ1n) is 10.6. The van der Waals surface area contributed by atoms with Crippen molar-refractivity contribution in [1.29, 1.82) is 0 Å². The molecule has 1 aliphatic rings. The molecular formula is C22H29N7S. The molecule has 0 unspecified atom stereocenters. The van der Waals surface area contributed by atoms with E-state index in [1.165, 1.54) is 10.6 Å². The van der Waals surface area contributed by atoms with Gasteiger partial charge in [0.15, 0.2) is 5.96 Å². The van der Waals surface area contributed by atoms with Crippen molar-refractivity contribution >= 4 is 23.0 Å². The van der Waals surface area contributed by atoms with E-state index in [-0.39, 0.29) is 0 Å². The van der Waals surface area contributed by atoms with E-state index < -0.39 is 0 Å². The molecule has 1 aliphatic heterocycles. The topological polar surface area (TPSA) is 61.6 Å². The molecule has 0 bridgehead atoms. The fourth-order valence-corrected chi connectivity index (χ4v) is 4.29. The normalized spacial score (nSPS) is 14.9.